The van der Waals surface area contributed by atoms with Gasteiger partial charge in [0.2, 0.25) is 0 Å². The Balaban J connectivity index is 1.75. The van der Waals surface area contributed by atoms with Gasteiger partial charge in [0.05, 0.1) is 0 Å². The molecule has 0 fully saturated rings. The van der Waals surface area contributed by atoms with Gasteiger partial charge in [-0.15, -0.1) is 0 Å². The number of ether oxygens (including phenoxy) is 1. The molecule has 23 heavy (non-hydrogen) atoms. The number of carbonyl (C=O) groups is 1. The van der Waals surface area contributed by atoms with E-state index in [1.54, 1.807) is 11.9 Å². The van der Waals surface area contributed by atoms with Crippen LogP contribution in [0.3, 0.4) is 0 Å². The van der Waals surface area contributed by atoms with Crippen molar-refractivity contribution in [1.29, 1.82) is 0 Å². The molecule has 1 N–H and O–H groups in total. The fourth-order valence-electron chi connectivity index (χ4n) is 3.08. The molecule has 3 rings (SSSR count). The Bertz CT molecular complexity index is 654. The van der Waals surface area contributed by atoms with Gasteiger partial charge >= 0.3 is 6.09 Å². The van der Waals surface area contributed by atoms with Gasteiger partial charge in [0, 0.05) is 26.1 Å². The van der Waals surface area contributed by atoms with Gasteiger partial charge in [-0.1, -0.05) is 48.5 Å². The van der Waals surface area contributed by atoms with E-state index in [-0.39, 0.29) is 12.0 Å². The number of nitrogens with zero attached hydrogens (tertiary/aromatic N) is 1. The Morgan fingerprint density at radius 1 is 1.09 bits per heavy atom. The predicted molar refractivity (Wildman–Crippen MR) is 91.6 cm³/mol. The molecule has 1 aliphatic carbocycles. The van der Waals surface area contributed by atoms with Crippen molar-refractivity contribution in [2.24, 2.45) is 0 Å². The second-order valence-corrected chi connectivity index (χ2v) is 5.83. The number of nitrogens with one attached hydrogen (secondary N) is 1. The first-order valence-corrected chi connectivity index (χ1v) is 7.93. The molecule has 0 saturated heterocycles. The molecule has 0 spiro atoms. The highest BCUT2D eigenvalue weighted by atomic mass is 16.6. The molecule has 4 nitrogen and oxygen atoms in total. The number of rotatable bonds is 5. The number of benzene rings is 2. The highest BCUT2D eigenvalue weighted by molar-refractivity contribution is 5.79. The first-order chi connectivity index (χ1) is 11.2. The lowest BCUT2D eigenvalue weighted by molar-refractivity contribution is 0.109. The standard InChI is InChI=1S/C19H22N2O2/c1-20-11-12-21(2)19(22)23-13-18-16-9-5-3-7-14(16)15-8-4-6-10-17(15)18/h3-10,18,20H,11-13H2,1-2H3. The maximum atomic E-state index is 12.1. The molecule has 1 aliphatic rings. The van der Waals surface area contributed by atoms with Crippen LogP contribution in [0.5, 0.6) is 0 Å². The molecular formula is C19H22N2O2. The Labute approximate surface area is 137 Å². The Hall–Kier alpha value is -2.33. The predicted octanol–water partition coefficient (Wildman–Crippen LogP) is 3.09. The SMILES string of the molecule is CNCCN(C)C(=O)OCC1c2ccccc2-c2ccccc21. The highest BCUT2D eigenvalue weighted by Crippen LogP contribution is 2.44. The van der Waals surface area contributed by atoms with Gasteiger partial charge in [-0.2, -0.15) is 0 Å². The van der Waals surface area contributed by atoms with E-state index in [9.17, 15) is 4.79 Å². The summed E-state index contributed by atoms with van der Waals surface area (Å²) >= 11 is 0. The quantitative estimate of drug-likeness (QED) is 0.923. The molecule has 2 aromatic rings. The lowest BCUT2D eigenvalue weighted by Crippen LogP contribution is -2.33. The van der Waals surface area contributed by atoms with Gasteiger partial charge < -0.3 is 15.0 Å². The van der Waals surface area contributed by atoms with E-state index in [4.69, 9.17) is 4.74 Å². The lowest BCUT2D eigenvalue weighted by atomic mass is 9.98. The van der Waals surface area contributed by atoms with Crippen LogP contribution < -0.4 is 5.32 Å². The van der Waals surface area contributed by atoms with E-state index in [2.05, 4.69) is 41.7 Å². The molecule has 0 unspecified atom stereocenters. The number of hydrogen-bond donors (Lipinski definition) is 1. The molecule has 120 valence electrons. The fourth-order valence-corrected chi connectivity index (χ4v) is 3.08. The molecule has 0 aromatic heterocycles. The Morgan fingerprint density at radius 3 is 2.22 bits per heavy atom. The third-order valence-electron chi connectivity index (χ3n) is 4.34. The van der Waals surface area contributed by atoms with E-state index in [1.165, 1.54) is 22.3 Å². The highest BCUT2D eigenvalue weighted by Gasteiger charge is 2.29. The van der Waals surface area contributed by atoms with Crippen molar-refractivity contribution < 1.29 is 9.53 Å². The van der Waals surface area contributed by atoms with Crippen molar-refractivity contribution in [2.75, 3.05) is 33.8 Å². The minimum Gasteiger partial charge on any atom is -0.448 e. The summed E-state index contributed by atoms with van der Waals surface area (Å²) in [7, 11) is 3.63. The summed E-state index contributed by atoms with van der Waals surface area (Å²) < 4.78 is 5.56. The van der Waals surface area contributed by atoms with Crippen LogP contribution in [-0.4, -0.2) is 44.8 Å². The van der Waals surface area contributed by atoms with Crippen LogP contribution in [0.1, 0.15) is 17.0 Å². The van der Waals surface area contributed by atoms with Gasteiger partial charge in [0.25, 0.3) is 0 Å². The van der Waals surface area contributed by atoms with Crippen molar-refractivity contribution in [1.82, 2.24) is 10.2 Å². The van der Waals surface area contributed by atoms with Gasteiger partial charge in [-0.3, -0.25) is 0 Å². The zero-order chi connectivity index (χ0) is 16.2. The molecule has 0 atom stereocenters. The van der Waals surface area contributed by atoms with Crippen LogP contribution in [0.25, 0.3) is 11.1 Å². The molecule has 2 aromatic carbocycles. The normalized spacial score (nSPS) is 12.6. The number of amides is 1. The molecule has 1 amide bonds. The lowest BCUT2D eigenvalue weighted by Gasteiger charge is -2.19. The van der Waals surface area contributed by atoms with Crippen LogP contribution in [-0.2, 0) is 4.74 Å². The van der Waals surface area contributed by atoms with Crippen LogP contribution in [0.15, 0.2) is 48.5 Å². The summed E-state index contributed by atoms with van der Waals surface area (Å²) in [6.45, 7) is 1.75. The van der Waals surface area contributed by atoms with E-state index < -0.39 is 0 Å². The van der Waals surface area contributed by atoms with Gasteiger partial charge in [-0.05, 0) is 29.3 Å². The zero-order valence-electron chi connectivity index (χ0n) is 13.6. The molecule has 0 radical (unpaired) electrons. The molecule has 0 bridgehead atoms. The average Bonchev–Trinajstić information content (AvgIpc) is 2.91. The number of hydrogen-bond acceptors (Lipinski definition) is 3. The topological polar surface area (TPSA) is 41.6 Å². The van der Waals surface area contributed by atoms with Gasteiger partial charge in [0.1, 0.15) is 6.61 Å². The second kappa shape index (κ2) is 6.84. The van der Waals surface area contributed by atoms with Gasteiger partial charge in [0.15, 0.2) is 0 Å². The third-order valence-corrected chi connectivity index (χ3v) is 4.34. The largest absolute Gasteiger partial charge is 0.448 e. The summed E-state index contributed by atoms with van der Waals surface area (Å²) in [6, 6.07) is 16.7. The van der Waals surface area contributed by atoms with Crippen molar-refractivity contribution in [3.63, 3.8) is 0 Å². The zero-order valence-corrected chi connectivity index (χ0v) is 13.6. The van der Waals surface area contributed by atoms with Crippen molar-refractivity contribution in [3.05, 3.63) is 59.7 Å². The van der Waals surface area contributed by atoms with Crippen LogP contribution in [0, 0.1) is 0 Å². The molecule has 4 heteroatoms. The number of likely N-dealkylation sites (N-methyl/N-ethyl adjacent to an activating group) is 2. The van der Waals surface area contributed by atoms with Crippen molar-refractivity contribution in [2.45, 2.75) is 5.92 Å². The smallest absolute Gasteiger partial charge is 0.409 e. The summed E-state index contributed by atoms with van der Waals surface area (Å²) in [6.07, 6.45) is -0.276. The molecule has 0 heterocycles. The third kappa shape index (κ3) is 3.08. The van der Waals surface area contributed by atoms with Crippen molar-refractivity contribution >= 4 is 6.09 Å². The first-order valence-electron chi connectivity index (χ1n) is 7.93. The minimum absolute atomic E-state index is 0.115. The van der Waals surface area contributed by atoms with E-state index in [0.29, 0.717) is 13.2 Å². The second-order valence-electron chi connectivity index (χ2n) is 5.83. The summed E-state index contributed by atoms with van der Waals surface area (Å²) in [4.78, 5) is 13.7. The summed E-state index contributed by atoms with van der Waals surface area (Å²) in [5, 5.41) is 3.03. The monoisotopic (exact) mass is 310 g/mol. The van der Waals surface area contributed by atoms with Crippen LogP contribution >= 0.6 is 0 Å². The molecule has 0 aliphatic heterocycles. The maximum Gasteiger partial charge on any atom is 0.409 e. The van der Waals surface area contributed by atoms with Crippen molar-refractivity contribution in [3.8, 4) is 11.1 Å². The van der Waals surface area contributed by atoms with Crippen LogP contribution in [0.2, 0.25) is 0 Å². The van der Waals surface area contributed by atoms with E-state index in [1.807, 2.05) is 19.2 Å². The minimum atomic E-state index is -0.276. The Kier molecular flexibility index (Phi) is 4.63. The maximum absolute atomic E-state index is 12.1. The average molecular weight is 310 g/mol. The fraction of sp³-hybridized carbons (Fsp3) is 0.316. The number of fused-ring (bicyclic) bond motifs is 3. The molecule has 0 saturated carbocycles. The first kappa shape index (κ1) is 15.6. The molecular weight excluding hydrogens is 288 g/mol. The number of carbonyl (C=O) groups excluding carboxylic acids is 1. The van der Waals surface area contributed by atoms with Gasteiger partial charge in [-0.25, -0.2) is 4.79 Å². The van der Waals surface area contributed by atoms with E-state index >= 15 is 0 Å². The Morgan fingerprint density at radius 2 is 1.65 bits per heavy atom. The summed E-state index contributed by atoms with van der Waals surface area (Å²) in [5.74, 6) is 0.115. The van der Waals surface area contributed by atoms with E-state index in [0.717, 1.165) is 6.54 Å². The van der Waals surface area contributed by atoms with Crippen LogP contribution in [0.4, 0.5) is 4.79 Å². The summed E-state index contributed by atoms with van der Waals surface area (Å²) in [5.41, 5.74) is 4.96.